The van der Waals surface area contributed by atoms with Crippen molar-refractivity contribution in [3.8, 4) is 34.2 Å². The fraction of sp³-hybridized carbons (Fsp3) is 0.107. The van der Waals surface area contributed by atoms with Gasteiger partial charge in [0.25, 0.3) is 0 Å². The monoisotopic (exact) mass is 433 g/mol. The van der Waals surface area contributed by atoms with Crippen molar-refractivity contribution < 1.29 is 9.59 Å². The first-order valence-corrected chi connectivity index (χ1v) is 10.6. The van der Waals surface area contributed by atoms with Crippen LogP contribution in [0.15, 0.2) is 79.4 Å². The van der Waals surface area contributed by atoms with Crippen LogP contribution in [0.1, 0.15) is 47.1 Å². The first kappa shape index (κ1) is 22.0. The standard InChI is InChI=1S/C28H23N3O2/c1-17(2)20-5-11-23(12-6-20)26-29-27(24-13-7-21(8-14-24)18(3)32)31-28(30-26)25-15-9-22(10-16-25)19(4)33/h5-16H,1H2,2-4H3. The van der Waals surface area contributed by atoms with Gasteiger partial charge in [-0.3, -0.25) is 9.59 Å². The lowest BCUT2D eigenvalue weighted by Gasteiger charge is -2.09. The Kier molecular flexibility index (Phi) is 6.05. The van der Waals surface area contributed by atoms with Crippen LogP contribution in [0.3, 0.4) is 0 Å². The number of ketones is 2. The Morgan fingerprint density at radius 2 is 0.788 bits per heavy atom. The minimum atomic E-state index is 0.00161. The van der Waals surface area contributed by atoms with Crippen LogP contribution < -0.4 is 0 Å². The van der Waals surface area contributed by atoms with Gasteiger partial charge < -0.3 is 0 Å². The predicted octanol–water partition coefficient (Wildman–Crippen LogP) is 6.31. The van der Waals surface area contributed by atoms with Crippen molar-refractivity contribution in [2.75, 3.05) is 0 Å². The highest BCUT2D eigenvalue weighted by molar-refractivity contribution is 5.95. The van der Waals surface area contributed by atoms with E-state index in [0.717, 1.165) is 27.8 Å². The van der Waals surface area contributed by atoms with Crippen LogP contribution in [0, 0.1) is 0 Å². The van der Waals surface area contributed by atoms with Crippen LogP contribution in [0.2, 0.25) is 0 Å². The Bertz CT molecular complexity index is 1170. The summed E-state index contributed by atoms with van der Waals surface area (Å²) in [6.07, 6.45) is 0. The number of allylic oxidation sites excluding steroid dienone is 1. The molecule has 4 rings (SSSR count). The van der Waals surface area contributed by atoms with Gasteiger partial charge in [-0.25, -0.2) is 15.0 Å². The molecule has 0 unspecified atom stereocenters. The number of Topliss-reactive ketones (excluding diaryl/α,β-unsaturated/α-hetero) is 2. The highest BCUT2D eigenvalue weighted by Gasteiger charge is 2.13. The second-order valence-corrected chi connectivity index (χ2v) is 7.93. The lowest BCUT2D eigenvalue weighted by atomic mass is 10.1. The maximum atomic E-state index is 11.7. The fourth-order valence-corrected chi connectivity index (χ4v) is 3.38. The van der Waals surface area contributed by atoms with E-state index in [-0.39, 0.29) is 11.6 Å². The van der Waals surface area contributed by atoms with Crippen LogP contribution in [-0.2, 0) is 0 Å². The smallest absolute Gasteiger partial charge is 0.164 e. The third-order valence-corrected chi connectivity index (χ3v) is 5.37. The molecule has 0 amide bonds. The van der Waals surface area contributed by atoms with Crippen molar-refractivity contribution in [3.05, 3.63) is 96.1 Å². The van der Waals surface area contributed by atoms with Gasteiger partial charge >= 0.3 is 0 Å². The molecular formula is C28H23N3O2. The van der Waals surface area contributed by atoms with Gasteiger partial charge in [0.15, 0.2) is 29.0 Å². The normalized spacial score (nSPS) is 10.6. The van der Waals surface area contributed by atoms with Gasteiger partial charge in [-0.2, -0.15) is 0 Å². The molecule has 1 aromatic heterocycles. The van der Waals surface area contributed by atoms with Gasteiger partial charge in [0.1, 0.15) is 0 Å². The summed E-state index contributed by atoms with van der Waals surface area (Å²) < 4.78 is 0. The Morgan fingerprint density at radius 3 is 1.03 bits per heavy atom. The number of aromatic nitrogens is 3. The fourth-order valence-electron chi connectivity index (χ4n) is 3.38. The molecule has 0 fully saturated rings. The number of hydrogen-bond acceptors (Lipinski definition) is 5. The molecule has 0 aliphatic heterocycles. The van der Waals surface area contributed by atoms with E-state index in [2.05, 4.69) is 11.6 Å². The SMILES string of the molecule is C=C(C)c1ccc(-c2nc(-c3ccc(C(C)=O)cc3)nc(-c3ccc(C(C)=O)cc3)n2)cc1. The molecule has 0 saturated heterocycles. The number of benzene rings is 3. The van der Waals surface area contributed by atoms with Crippen LogP contribution in [0.4, 0.5) is 0 Å². The summed E-state index contributed by atoms with van der Waals surface area (Å²) in [7, 11) is 0. The molecular weight excluding hydrogens is 410 g/mol. The molecule has 0 saturated carbocycles. The van der Waals surface area contributed by atoms with E-state index in [9.17, 15) is 9.59 Å². The summed E-state index contributed by atoms with van der Waals surface area (Å²) in [5.74, 6) is 1.55. The van der Waals surface area contributed by atoms with E-state index in [1.54, 1.807) is 24.3 Å². The Morgan fingerprint density at radius 1 is 0.515 bits per heavy atom. The van der Waals surface area contributed by atoms with Crippen molar-refractivity contribution in [2.24, 2.45) is 0 Å². The molecule has 0 atom stereocenters. The number of rotatable bonds is 6. The van der Waals surface area contributed by atoms with Gasteiger partial charge in [0.05, 0.1) is 0 Å². The van der Waals surface area contributed by atoms with Crippen LogP contribution >= 0.6 is 0 Å². The molecule has 5 heteroatoms. The lowest BCUT2D eigenvalue weighted by molar-refractivity contribution is 0.100. The van der Waals surface area contributed by atoms with Crippen LogP contribution in [-0.4, -0.2) is 26.5 Å². The first-order valence-electron chi connectivity index (χ1n) is 10.6. The average Bonchev–Trinajstić information content (AvgIpc) is 2.84. The van der Waals surface area contributed by atoms with Crippen molar-refractivity contribution in [1.82, 2.24) is 15.0 Å². The zero-order valence-corrected chi connectivity index (χ0v) is 18.8. The summed E-state index contributed by atoms with van der Waals surface area (Å²) >= 11 is 0. The zero-order chi connectivity index (χ0) is 23.5. The first-order chi connectivity index (χ1) is 15.8. The predicted molar refractivity (Wildman–Crippen MR) is 131 cm³/mol. The van der Waals surface area contributed by atoms with Crippen molar-refractivity contribution >= 4 is 17.1 Å². The van der Waals surface area contributed by atoms with Gasteiger partial charge in [0, 0.05) is 27.8 Å². The summed E-state index contributed by atoms with van der Waals surface area (Å²) in [6.45, 7) is 9.02. The molecule has 0 N–H and O–H groups in total. The maximum Gasteiger partial charge on any atom is 0.164 e. The quantitative estimate of drug-likeness (QED) is 0.333. The minimum Gasteiger partial charge on any atom is -0.295 e. The van der Waals surface area contributed by atoms with Gasteiger partial charge in [-0.1, -0.05) is 84.9 Å². The number of nitrogens with zero attached hydrogens (tertiary/aromatic N) is 3. The average molecular weight is 434 g/mol. The molecule has 0 aliphatic rings. The molecule has 162 valence electrons. The maximum absolute atomic E-state index is 11.7. The summed E-state index contributed by atoms with van der Waals surface area (Å²) in [5.41, 5.74) is 5.70. The highest BCUT2D eigenvalue weighted by Crippen LogP contribution is 2.26. The molecule has 3 aromatic carbocycles. The van der Waals surface area contributed by atoms with E-state index in [4.69, 9.17) is 9.97 Å². The summed E-state index contributed by atoms with van der Waals surface area (Å²) in [4.78, 5) is 37.4. The number of carbonyl (C=O) groups excluding carboxylic acids is 2. The van der Waals surface area contributed by atoms with Crippen molar-refractivity contribution in [2.45, 2.75) is 20.8 Å². The summed E-state index contributed by atoms with van der Waals surface area (Å²) in [6, 6.07) is 22.3. The molecule has 0 aliphatic carbocycles. The van der Waals surface area contributed by atoms with Gasteiger partial charge in [-0.05, 0) is 26.3 Å². The third kappa shape index (κ3) is 4.83. The third-order valence-electron chi connectivity index (χ3n) is 5.37. The Balaban J connectivity index is 1.84. The van der Waals surface area contributed by atoms with E-state index in [1.807, 2.05) is 55.5 Å². The molecule has 0 bridgehead atoms. The van der Waals surface area contributed by atoms with E-state index < -0.39 is 0 Å². The van der Waals surface area contributed by atoms with E-state index in [1.165, 1.54) is 13.8 Å². The van der Waals surface area contributed by atoms with Gasteiger partial charge in [0.2, 0.25) is 0 Å². The van der Waals surface area contributed by atoms with E-state index >= 15 is 0 Å². The molecule has 0 radical (unpaired) electrons. The zero-order valence-electron chi connectivity index (χ0n) is 18.8. The molecule has 4 aromatic rings. The molecule has 1 heterocycles. The Labute approximate surface area is 192 Å². The topological polar surface area (TPSA) is 72.8 Å². The molecule has 0 spiro atoms. The minimum absolute atomic E-state index is 0.00161. The van der Waals surface area contributed by atoms with Crippen molar-refractivity contribution in [3.63, 3.8) is 0 Å². The highest BCUT2D eigenvalue weighted by atomic mass is 16.1. The molecule has 5 nitrogen and oxygen atoms in total. The van der Waals surface area contributed by atoms with Crippen LogP contribution in [0.25, 0.3) is 39.7 Å². The number of carbonyl (C=O) groups is 2. The second-order valence-electron chi connectivity index (χ2n) is 7.93. The van der Waals surface area contributed by atoms with Crippen LogP contribution in [0.5, 0.6) is 0 Å². The largest absolute Gasteiger partial charge is 0.295 e. The Hall–Kier alpha value is -4.25. The summed E-state index contributed by atoms with van der Waals surface area (Å²) in [5, 5.41) is 0. The van der Waals surface area contributed by atoms with Crippen molar-refractivity contribution in [1.29, 1.82) is 0 Å². The van der Waals surface area contributed by atoms with Gasteiger partial charge in [-0.15, -0.1) is 0 Å². The number of hydrogen-bond donors (Lipinski definition) is 0. The van der Waals surface area contributed by atoms with E-state index in [0.29, 0.717) is 28.6 Å². The lowest BCUT2D eigenvalue weighted by Crippen LogP contribution is -2.01. The molecule has 33 heavy (non-hydrogen) atoms. The second kappa shape index (κ2) is 9.09.